The number of hydrogen-bond acceptors (Lipinski definition) is 3. The Labute approximate surface area is 221 Å². The Bertz CT molecular complexity index is 1280. The van der Waals surface area contributed by atoms with Crippen LogP contribution >= 0.6 is 0 Å². The van der Waals surface area contributed by atoms with E-state index >= 15 is 0 Å². The third-order valence-electron chi connectivity index (χ3n) is 6.66. The summed E-state index contributed by atoms with van der Waals surface area (Å²) in [5.74, 6) is -3.01. The summed E-state index contributed by atoms with van der Waals surface area (Å²) in [4.78, 5) is 13.1. The summed E-state index contributed by atoms with van der Waals surface area (Å²) in [7, 11) is 0. The van der Waals surface area contributed by atoms with E-state index in [1.54, 1.807) is 48.5 Å². The number of benzene rings is 3. The van der Waals surface area contributed by atoms with E-state index in [2.05, 4.69) is 0 Å². The van der Waals surface area contributed by atoms with E-state index in [1.165, 1.54) is 0 Å². The van der Waals surface area contributed by atoms with Gasteiger partial charge in [0.15, 0.2) is 5.92 Å². The topological polar surface area (TPSA) is 53.0 Å². The Morgan fingerprint density at radius 3 is 2.21 bits per heavy atom. The van der Waals surface area contributed by atoms with Crippen LogP contribution in [0.4, 0.5) is 31.1 Å². The number of nitrogens with zero attached hydrogens (tertiary/aromatic N) is 2. The molecule has 4 rings (SSSR count). The van der Waals surface area contributed by atoms with Crippen molar-refractivity contribution in [2.24, 2.45) is 5.92 Å². The quantitative estimate of drug-likeness (QED) is 0.325. The van der Waals surface area contributed by atoms with Crippen molar-refractivity contribution in [3.8, 4) is 22.6 Å². The number of ether oxygens (including phenoxy) is 1. The lowest BCUT2D eigenvalue weighted by atomic mass is 9.93. The number of para-hydroxylation sites is 1. The average Bonchev–Trinajstić information content (AvgIpc) is 2.85. The van der Waals surface area contributed by atoms with Gasteiger partial charge in [-0.25, -0.2) is 4.79 Å². The Balaban J connectivity index is 1.74. The van der Waals surface area contributed by atoms with Crippen molar-refractivity contribution < 1.29 is 41.0 Å². The summed E-state index contributed by atoms with van der Waals surface area (Å²) in [6.07, 6.45) is -12.8. The van der Waals surface area contributed by atoms with E-state index in [1.807, 2.05) is 31.2 Å². The van der Waals surface area contributed by atoms with Crippen LogP contribution in [0.1, 0.15) is 11.1 Å². The van der Waals surface area contributed by atoms with Crippen LogP contribution < -0.4 is 4.74 Å². The highest BCUT2D eigenvalue weighted by Gasteiger charge is 2.62. The van der Waals surface area contributed by atoms with Gasteiger partial charge >= 0.3 is 18.4 Å². The molecule has 0 aromatic heterocycles. The van der Waals surface area contributed by atoms with Crippen LogP contribution in [0.25, 0.3) is 11.1 Å². The molecule has 208 valence electrons. The minimum Gasteiger partial charge on any atom is -0.465 e. The maximum absolute atomic E-state index is 13.7. The lowest BCUT2D eigenvalue weighted by Gasteiger charge is -2.44. The molecule has 1 fully saturated rings. The summed E-state index contributed by atoms with van der Waals surface area (Å²) in [6.45, 7) is 0.134. The molecule has 3 aromatic carbocycles. The van der Waals surface area contributed by atoms with Gasteiger partial charge in [-0.2, -0.15) is 26.3 Å². The van der Waals surface area contributed by atoms with Crippen LogP contribution in [0.15, 0.2) is 72.8 Å². The third-order valence-corrected chi connectivity index (χ3v) is 6.66. The SMILES string of the molecule is Cc1cccc(-c2ccc(CN3CCN(C(=O)O)CC3C(C(F)(F)F)C(F)(F)F)c(Oc3ccccc3)c2)c1. The average molecular weight is 553 g/mol. The van der Waals surface area contributed by atoms with E-state index in [0.717, 1.165) is 21.6 Å². The first-order valence-corrected chi connectivity index (χ1v) is 12.1. The molecule has 39 heavy (non-hydrogen) atoms. The molecule has 1 heterocycles. The van der Waals surface area contributed by atoms with Crippen molar-refractivity contribution in [3.05, 3.63) is 83.9 Å². The number of alkyl halides is 6. The number of carboxylic acid groups (broad SMARTS) is 1. The zero-order valence-corrected chi connectivity index (χ0v) is 20.8. The van der Waals surface area contributed by atoms with Gasteiger partial charge in [0.1, 0.15) is 11.5 Å². The fourth-order valence-corrected chi connectivity index (χ4v) is 4.77. The molecular weight excluding hydrogens is 526 g/mol. The molecule has 0 radical (unpaired) electrons. The van der Waals surface area contributed by atoms with Gasteiger partial charge in [-0.1, -0.05) is 60.2 Å². The van der Waals surface area contributed by atoms with Crippen molar-refractivity contribution in [3.63, 3.8) is 0 Å². The zero-order valence-electron chi connectivity index (χ0n) is 20.8. The van der Waals surface area contributed by atoms with Crippen molar-refractivity contribution in [1.82, 2.24) is 9.80 Å². The number of amides is 1. The minimum atomic E-state index is -5.62. The largest absolute Gasteiger partial charge is 0.465 e. The molecule has 5 nitrogen and oxygen atoms in total. The minimum absolute atomic E-state index is 0.232. The molecule has 1 aliphatic heterocycles. The van der Waals surface area contributed by atoms with Gasteiger partial charge < -0.3 is 14.7 Å². The standard InChI is InChI=1S/C28H26F6N2O3/c1-18-6-5-7-19(14-18)20-10-11-21(24(15-20)39-22-8-3-2-4-9-22)16-35-12-13-36(26(37)38)17-23(35)25(27(29,30)31)28(32,33)34/h2-11,14-15,23,25H,12-13,16-17H2,1H3,(H,37,38). The van der Waals surface area contributed by atoms with E-state index in [4.69, 9.17) is 4.74 Å². The van der Waals surface area contributed by atoms with Gasteiger partial charge in [-0.3, -0.25) is 4.90 Å². The zero-order chi connectivity index (χ0) is 28.4. The third kappa shape index (κ3) is 6.83. The van der Waals surface area contributed by atoms with E-state index < -0.39 is 37.0 Å². The summed E-state index contributed by atoms with van der Waals surface area (Å²) in [6, 6.07) is 19.1. The predicted octanol–water partition coefficient (Wildman–Crippen LogP) is 7.36. The predicted molar refractivity (Wildman–Crippen MR) is 133 cm³/mol. The van der Waals surface area contributed by atoms with Crippen LogP contribution in [0.5, 0.6) is 11.5 Å². The molecule has 0 saturated carbocycles. The van der Waals surface area contributed by atoms with Gasteiger partial charge in [0.05, 0.1) is 0 Å². The lowest BCUT2D eigenvalue weighted by Crippen LogP contribution is -2.62. The van der Waals surface area contributed by atoms with Gasteiger partial charge in [0, 0.05) is 37.8 Å². The molecular formula is C28H26F6N2O3. The summed E-state index contributed by atoms with van der Waals surface area (Å²) in [5, 5.41) is 9.31. The van der Waals surface area contributed by atoms with E-state index in [0.29, 0.717) is 16.2 Å². The Hall–Kier alpha value is -3.73. The molecule has 1 N–H and O–H groups in total. The molecule has 1 aliphatic rings. The molecule has 0 aliphatic carbocycles. The van der Waals surface area contributed by atoms with Gasteiger partial charge in [-0.15, -0.1) is 0 Å². The van der Waals surface area contributed by atoms with Gasteiger partial charge in [0.2, 0.25) is 0 Å². The number of halogens is 6. The monoisotopic (exact) mass is 552 g/mol. The molecule has 3 aromatic rings. The van der Waals surface area contributed by atoms with Crippen molar-refractivity contribution in [2.45, 2.75) is 31.9 Å². The number of piperazine rings is 1. The van der Waals surface area contributed by atoms with Crippen LogP contribution in [0, 0.1) is 12.8 Å². The first-order chi connectivity index (χ1) is 18.3. The molecule has 1 saturated heterocycles. The highest BCUT2D eigenvalue weighted by atomic mass is 19.4. The van der Waals surface area contributed by atoms with Crippen molar-refractivity contribution in [1.29, 1.82) is 0 Å². The first-order valence-electron chi connectivity index (χ1n) is 12.1. The Kier molecular flexibility index (Phi) is 8.10. The molecule has 11 heteroatoms. The molecule has 0 spiro atoms. The second-order valence-corrected chi connectivity index (χ2v) is 9.43. The fourth-order valence-electron chi connectivity index (χ4n) is 4.77. The van der Waals surface area contributed by atoms with Crippen LogP contribution in [-0.4, -0.2) is 59.0 Å². The summed E-state index contributed by atoms with van der Waals surface area (Å²) in [5.41, 5.74) is 2.99. The van der Waals surface area contributed by atoms with Gasteiger partial charge in [0.25, 0.3) is 0 Å². The second-order valence-electron chi connectivity index (χ2n) is 9.43. The molecule has 1 unspecified atom stereocenters. The summed E-state index contributed by atoms with van der Waals surface area (Å²) >= 11 is 0. The summed E-state index contributed by atoms with van der Waals surface area (Å²) < 4.78 is 88.5. The van der Waals surface area contributed by atoms with Crippen LogP contribution in [0.2, 0.25) is 0 Å². The van der Waals surface area contributed by atoms with E-state index in [9.17, 15) is 36.2 Å². The Morgan fingerprint density at radius 1 is 0.923 bits per heavy atom. The fraction of sp³-hybridized carbons (Fsp3) is 0.321. The number of aryl methyl sites for hydroxylation is 1. The normalized spacial score (nSPS) is 16.9. The highest BCUT2D eigenvalue weighted by Crippen LogP contribution is 2.44. The van der Waals surface area contributed by atoms with Crippen LogP contribution in [0.3, 0.4) is 0 Å². The molecule has 1 amide bonds. The second kappa shape index (κ2) is 11.2. The number of hydrogen-bond donors (Lipinski definition) is 1. The number of carbonyl (C=O) groups is 1. The maximum Gasteiger partial charge on any atom is 0.407 e. The van der Waals surface area contributed by atoms with Gasteiger partial charge in [-0.05, 0) is 36.2 Å². The van der Waals surface area contributed by atoms with Crippen molar-refractivity contribution in [2.75, 3.05) is 19.6 Å². The maximum atomic E-state index is 13.7. The number of rotatable bonds is 6. The Morgan fingerprint density at radius 2 is 1.59 bits per heavy atom. The molecule has 1 atom stereocenters. The first kappa shape index (κ1) is 28.3. The molecule has 0 bridgehead atoms. The smallest absolute Gasteiger partial charge is 0.407 e. The lowest BCUT2D eigenvalue weighted by molar-refractivity contribution is -0.302. The van der Waals surface area contributed by atoms with E-state index in [-0.39, 0.29) is 25.4 Å². The van der Waals surface area contributed by atoms with Crippen molar-refractivity contribution >= 4 is 6.09 Å². The van der Waals surface area contributed by atoms with Crippen LogP contribution in [-0.2, 0) is 6.54 Å². The highest BCUT2D eigenvalue weighted by molar-refractivity contribution is 5.67.